The minimum Gasteiger partial charge on any atom is -0.495 e. The molecule has 0 saturated carbocycles. The summed E-state index contributed by atoms with van der Waals surface area (Å²) in [6, 6.07) is 9.43. The molecule has 0 aromatic heterocycles. The monoisotopic (exact) mass is 442 g/mol. The number of halogens is 2. The molecule has 0 radical (unpaired) electrons. The number of alkyl halides is 2. The first-order chi connectivity index (χ1) is 14.3. The van der Waals surface area contributed by atoms with E-state index in [-0.39, 0.29) is 48.3 Å². The highest BCUT2D eigenvalue weighted by molar-refractivity contribution is 7.89. The molecule has 1 aliphatic heterocycles. The fourth-order valence-electron chi connectivity index (χ4n) is 2.87. The first kappa shape index (κ1) is 21.9. The third kappa shape index (κ3) is 5.04. The van der Waals surface area contributed by atoms with Crippen LogP contribution in [0.15, 0.2) is 47.4 Å². The van der Waals surface area contributed by atoms with Crippen LogP contribution in [0.3, 0.4) is 0 Å². The molecule has 1 aliphatic rings. The second kappa shape index (κ2) is 9.37. The lowest BCUT2D eigenvalue weighted by Gasteiger charge is -2.26. The third-order valence-electron chi connectivity index (χ3n) is 4.35. The molecule has 1 saturated heterocycles. The number of benzene rings is 2. The van der Waals surface area contributed by atoms with Crippen LogP contribution in [0.25, 0.3) is 0 Å². The van der Waals surface area contributed by atoms with Crippen LogP contribution < -0.4 is 14.8 Å². The number of carbonyl (C=O) groups is 1. The van der Waals surface area contributed by atoms with Gasteiger partial charge < -0.3 is 19.5 Å². The van der Waals surface area contributed by atoms with Gasteiger partial charge in [0.15, 0.2) is 0 Å². The number of sulfonamides is 1. The second-order valence-electron chi connectivity index (χ2n) is 6.24. The normalized spacial score (nSPS) is 15.1. The second-order valence-corrected chi connectivity index (χ2v) is 8.15. The van der Waals surface area contributed by atoms with Crippen molar-refractivity contribution in [3.63, 3.8) is 0 Å². The Morgan fingerprint density at radius 1 is 1.13 bits per heavy atom. The van der Waals surface area contributed by atoms with Crippen LogP contribution in [0.2, 0.25) is 0 Å². The van der Waals surface area contributed by atoms with E-state index in [4.69, 9.17) is 9.47 Å². The van der Waals surface area contributed by atoms with E-state index in [1.807, 2.05) is 0 Å². The van der Waals surface area contributed by atoms with Gasteiger partial charge in [0.25, 0.3) is 5.91 Å². The maximum atomic E-state index is 13.0. The number of rotatable bonds is 7. The van der Waals surface area contributed by atoms with E-state index in [2.05, 4.69) is 10.1 Å². The van der Waals surface area contributed by atoms with E-state index in [1.54, 1.807) is 0 Å². The quantitative estimate of drug-likeness (QED) is 0.709. The smallest absolute Gasteiger partial charge is 0.387 e. The first-order valence-corrected chi connectivity index (χ1v) is 10.4. The molecule has 162 valence electrons. The number of carbonyl (C=O) groups excluding carboxylic acids is 1. The Hall–Kier alpha value is -2.76. The van der Waals surface area contributed by atoms with Crippen LogP contribution in [0.1, 0.15) is 10.4 Å². The van der Waals surface area contributed by atoms with Gasteiger partial charge in [-0.15, -0.1) is 0 Å². The summed E-state index contributed by atoms with van der Waals surface area (Å²) >= 11 is 0. The summed E-state index contributed by atoms with van der Waals surface area (Å²) in [5, 5.41) is 2.58. The third-order valence-corrected chi connectivity index (χ3v) is 6.27. The average Bonchev–Trinajstić information content (AvgIpc) is 2.75. The van der Waals surface area contributed by atoms with Gasteiger partial charge in [0.05, 0.1) is 20.3 Å². The van der Waals surface area contributed by atoms with E-state index in [1.165, 1.54) is 53.9 Å². The van der Waals surface area contributed by atoms with Gasteiger partial charge in [-0.25, -0.2) is 8.42 Å². The SMILES string of the molecule is COc1ccc(C(=O)Nc2ccc(OC(F)F)cc2)cc1S(=O)(=O)N1CCOCC1. The highest BCUT2D eigenvalue weighted by Gasteiger charge is 2.30. The minimum atomic E-state index is -3.89. The number of ether oxygens (including phenoxy) is 3. The Morgan fingerprint density at radius 3 is 2.40 bits per heavy atom. The Morgan fingerprint density at radius 2 is 1.80 bits per heavy atom. The summed E-state index contributed by atoms with van der Waals surface area (Å²) in [5.74, 6) is -0.503. The molecule has 2 aromatic carbocycles. The lowest BCUT2D eigenvalue weighted by molar-refractivity contribution is -0.0498. The molecule has 1 N–H and O–H groups in total. The van der Waals surface area contributed by atoms with Crippen molar-refractivity contribution >= 4 is 21.6 Å². The predicted octanol–water partition coefficient (Wildman–Crippen LogP) is 2.57. The molecule has 0 bridgehead atoms. The summed E-state index contributed by atoms with van der Waals surface area (Å²) in [7, 11) is -2.55. The average molecular weight is 442 g/mol. The van der Waals surface area contributed by atoms with E-state index >= 15 is 0 Å². The minimum absolute atomic E-state index is 0.0497. The number of hydrogen-bond donors (Lipinski definition) is 1. The molecule has 3 rings (SSSR count). The fraction of sp³-hybridized carbons (Fsp3) is 0.316. The Bertz CT molecular complexity index is 993. The lowest BCUT2D eigenvalue weighted by Crippen LogP contribution is -2.40. The molecule has 0 atom stereocenters. The van der Waals surface area contributed by atoms with Gasteiger partial charge in [0.2, 0.25) is 10.0 Å². The van der Waals surface area contributed by atoms with Crippen molar-refractivity contribution in [1.29, 1.82) is 0 Å². The molecule has 8 nitrogen and oxygen atoms in total. The summed E-state index contributed by atoms with van der Waals surface area (Å²) in [4.78, 5) is 12.5. The van der Waals surface area contributed by atoms with Crippen LogP contribution in [0.4, 0.5) is 14.5 Å². The fourth-order valence-corrected chi connectivity index (χ4v) is 4.46. The van der Waals surface area contributed by atoms with Crippen molar-refractivity contribution in [3.05, 3.63) is 48.0 Å². The van der Waals surface area contributed by atoms with Crippen molar-refractivity contribution in [2.24, 2.45) is 0 Å². The zero-order valence-electron chi connectivity index (χ0n) is 16.0. The molecular formula is C19H20F2N2O6S. The number of methoxy groups -OCH3 is 1. The standard InChI is InChI=1S/C19H20F2N2O6S/c1-27-16-7-2-13(12-17(16)30(25,26)23-8-10-28-11-9-23)18(24)22-14-3-5-15(6-4-14)29-19(20)21/h2-7,12,19H,8-11H2,1H3,(H,22,24). The van der Waals surface area contributed by atoms with E-state index in [0.717, 1.165) is 0 Å². The van der Waals surface area contributed by atoms with E-state index < -0.39 is 22.5 Å². The summed E-state index contributed by atoms with van der Waals surface area (Å²) in [6.45, 7) is -1.97. The lowest BCUT2D eigenvalue weighted by atomic mass is 10.2. The van der Waals surface area contributed by atoms with Crippen LogP contribution in [-0.4, -0.2) is 58.7 Å². The number of morpholine rings is 1. The number of nitrogens with zero attached hydrogens (tertiary/aromatic N) is 1. The number of hydrogen-bond acceptors (Lipinski definition) is 6. The molecule has 30 heavy (non-hydrogen) atoms. The first-order valence-electron chi connectivity index (χ1n) is 8.93. The molecule has 1 heterocycles. The highest BCUT2D eigenvalue weighted by atomic mass is 32.2. The summed E-state index contributed by atoms with van der Waals surface area (Å²) in [6.07, 6.45) is 0. The van der Waals surface area contributed by atoms with Gasteiger partial charge in [-0.3, -0.25) is 4.79 Å². The van der Waals surface area contributed by atoms with Gasteiger partial charge in [0.1, 0.15) is 16.4 Å². The molecule has 0 aliphatic carbocycles. The van der Waals surface area contributed by atoms with Crippen LogP contribution in [0.5, 0.6) is 11.5 Å². The van der Waals surface area contributed by atoms with Crippen LogP contribution in [0, 0.1) is 0 Å². The van der Waals surface area contributed by atoms with Crippen LogP contribution in [-0.2, 0) is 14.8 Å². The van der Waals surface area contributed by atoms with Gasteiger partial charge in [-0.05, 0) is 42.5 Å². The molecule has 1 fully saturated rings. The molecule has 2 aromatic rings. The zero-order chi connectivity index (χ0) is 21.7. The van der Waals surface area contributed by atoms with Crippen molar-refractivity contribution in [2.45, 2.75) is 11.5 Å². The molecule has 1 amide bonds. The van der Waals surface area contributed by atoms with Crippen molar-refractivity contribution in [1.82, 2.24) is 4.31 Å². The van der Waals surface area contributed by atoms with Gasteiger partial charge in [-0.1, -0.05) is 0 Å². The molecule has 0 spiro atoms. The number of nitrogens with one attached hydrogen (secondary N) is 1. The topological polar surface area (TPSA) is 94.2 Å². The van der Waals surface area contributed by atoms with Gasteiger partial charge in [0, 0.05) is 24.3 Å². The van der Waals surface area contributed by atoms with Gasteiger partial charge in [-0.2, -0.15) is 13.1 Å². The molecular weight excluding hydrogens is 422 g/mol. The molecule has 0 unspecified atom stereocenters. The number of anilines is 1. The van der Waals surface area contributed by atoms with Gasteiger partial charge >= 0.3 is 6.61 Å². The maximum Gasteiger partial charge on any atom is 0.387 e. The Labute approximate surface area is 172 Å². The maximum absolute atomic E-state index is 13.0. The number of amides is 1. The molecule has 11 heteroatoms. The Balaban J connectivity index is 1.82. The highest BCUT2D eigenvalue weighted by Crippen LogP contribution is 2.29. The van der Waals surface area contributed by atoms with Crippen molar-refractivity contribution < 1.29 is 36.2 Å². The van der Waals surface area contributed by atoms with E-state index in [9.17, 15) is 22.0 Å². The van der Waals surface area contributed by atoms with E-state index in [0.29, 0.717) is 5.69 Å². The van der Waals surface area contributed by atoms with Crippen molar-refractivity contribution in [2.75, 3.05) is 38.7 Å². The summed E-state index contributed by atoms with van der Waals surface area (Å²) < 4.78 is 66.4. The predicted molar refractivity (Wildman–Crippen MR) is 104 cm³/mol. The zero-order valence-corrected chi connectivity index (χ0v) is 16.8. The largest absolute Gasteiger partial charge is 0.495 e. The Kier molecular flexibility index (Phi) is 6.85. The summed E-state index contributed by atoms with van der Waals surface area (Å²) in [5.41, 5.74) is 0.422. The van der Waals surface area contributed by atoms with Crippen molar-refractivity contribution in [3.8, 4) is 11.5 Å². The van der Waals surface area contributed by atoms with Crippen LogP contribution >= 0.6 is 0 Å².